The molecule has 102 valence electrons. The van der Waals surface area contributed by atoms with Crippen LogP contribution in [0.2, 0.25) is 0 Å². The molecule has 0 fully saturated rings. The molecule has 4 rings (SSSR count). The fraction of sp³-hybridized carbons (Fsp3) is 0.0556. The Bertz CT molecular complexity index is 832. The highest BCUT2D eigenvalue weighted by Crippen LogP contribution is 2.39. The summed E-state index contributed by atoms with van der Waals surface area (Å²) in [4.78, 5) is 5.74. The maximum Gasteiger partial charge on any atom is 0.0633 e. The molecule has 0 saturated heterocycles. The predicted molar refractivity (Wildman–Crippen MR) is 90.7 cm³/mol. The molecule has 0 amide bonds. The zero-order valence-corrected chi connectivity index (χ0v) is 12.2. The number of nitrogens with two attached hydrogens (primary N) is 1. The monoisotopic (exact) mass is 290 g/mol. The highest BCUT2D eigenvalue weighted by molar-refractivity contribution is 7.11. The molecule has 21 heavy (non-hydrogen) atoms. The van der Waals surface area contributed by atoms with E-state index in [1.165, 1.54) is 27.1 Å². The van der Waals surface area contributed by atoms with Gasteiger partial charge in [0, 0.05) is 16.8 Å². The molecule has 1 heterocycles. The first-order valence-corrected chi connectivity index (χ1v) is 7.77. The summed E-state index contributed by atoms with van der Waals surface area (Å²) in [5.41, 5.74) is 13.0. The number of hydrogen-bond acceptors (Lipinski definition) is 3. The number of fused-ring (bicyclic) bond motifs is 3. The number of benzene rings is 2. The third kappa shape index (κ3) is 2.26. The van der Waals surface area contributed by atoms with Gasteiger partial charge in [-0.2, -0.15) is 0 Å². The molecule has 3 aromatic rings. The molecule has 0 bridgehead atoms. The fourth-order valence-corrected chi connectivity index (χ4v) is 3.39. The van der Waals surface area contributed by atoms with E-state index >= 15 is 0 Å². The lowest BCUT2D eigenvalue weighted by atomic mass is 10.1. The highest BCUT2D eigenvalue weighted by Gasteiger charge is 2.18. The summed E-state index contributed by atoms with van der Waals surface area (Å²) in [6, 6.07) is 16.7. The van der Waals surface area contributed by atoms with Gasteiger partial charge in [0.25, 0.3) is 0 Å². The summed E-state index contributed by atoms with van der Waals surface area (Å²) in [5, 5.41) is 2.06. The lowest BCUT2D eigenvalue weighted by molar-refractivity contribution is 1.26. The molecule has 2 nitrogen and oxygen atoms in total. The number of rotatable bonds is 2. The van der Waals surface area contributed by atoms with Crippen molar-refractivity contribution in [3.8, 4) is 11.1 Å². The number of aliphatic imine (C=N–C) groups is 1. The van der Waals surface area contributed by atoms with Crippen molar-refractivity contribution in [3.05, 3.63) is 69.9 Å². The molecule has 1 aliphatic rings. The van der Waals surface area contributed by atoms with Crippen molar-refractivity contribution >= 4 is 28.9 Å². The summed E-state index contributed by atoms with van der Waals surface area (Å²) < 4.78 is 0. The second-order valence-corrected chi connectivity index (χ2v) is 6.19. The number of nitrogen functional groups attached to an aromatic ring is 1. The van der Waals surface area contributed by atoms with Gasteiger partial charge in [0.1, 0.15) is 0 Å². The Morgan fingerprint density at radius 1 is 1.00 bits per heavy atom. The van der Waals surface area contributed by atoms with Crippen LogP contribution in [-0.2, 0) is 6.42 Å². The normalized spacial score (nSPS) is 12.6. The van der Waals surface area contributed by atoms with Gasteiger partial charge in [-0.05, 0) is 64.4 Å². The average molecular weight is 290 g/mol. The van der Waals surface area contributed by atoms with Crippen LogP contribution in [0, 0.1) is 0 Å². The van der Waals surface area contributed by atoms with Crippen molar-refractivity contribution in [2.75, 3.05) is 5.73 Å². The van der Waals surface area contributed by atoms with Crippen LogP contribution in [0.1, 0.15) is 16.0 Å². The smallest absolute Gasteiger partial charge is 0.0633 e. The lowest BCUT2D eigenvalue weighted by Crippen LogP contribution is -1.86. The minimum atomic E-state index is 0.831. The van der Waals surface area contributed by atoms with E-state index in [0.29, 0.717) is 0 Å². The van der Waals surface area contributed by atoms with Crippen LogP contribution < -0.4 is 5.73 Å². The van der Waals surface area contributed by atoms with Crippen LogP contribution >= 0.6 is 11.3 Å². The Labute approximate surface area is 127 Å². The maximum atomic E-state index is 5.88. The third-order valence-electron chi connectivity index (χ3n) is 3.77. The first-order chi connectivity index (χ1) is 10.3. The van der Waals surface area contributed by atoms with Crippen LogP contribution in [0.4, 0.5) is 11.4 Å². The van der Waals surface area contributed by atoms with Gasteiger partial charge in [0.2, 0.25) is 0 Å². The van der Waals surface area contributed by atoms with Crippen LogP contribution in [0.3, 0.4) is 0 Å². The van der Waals surface area contributed by atoms with Gasteiger partial charge in [0.05, 0.1) is 5.69 Å². The molecular weight excluding hydrogens is 276 g/mol. The van der Waals surface area contributed by atoms with Crippen LogP contribution in [0.25, 0.3) is 11.1 Å². The van der Waals surface area contributed by atoms with E-state index in [1.807, 2.05) is 18.3 Å². The molecule has 0 unspecified atom stereocenters. The molecule has 1 aromatic heterocycles. The fourth-order valence-electron chi connectivity index (χ4n) is 2.80. The van der Waals surface area contributed by atoms with Gasteiger partial charge >= 0.3 is 0 Å². The number of thiophene rings is 1. The van der Waals surface area contributed by atoms with Crippen LogP contribution in [0.5, 0.6) is 0 Å². The van der Waals surface area contributed by atoms with Gasteiger partial charge < -0.3 is 5.73 Å². The topological polar surface area (TPSA) is 38.4 Å². The van der Waals surface area contributed by atoms with Gasteiger partial charge in [-0.1, -0.05) is 18.2 Å². The Morgan fingerprint density at radius 2 is 1.81 bits per heavy atom. The highest BCUT2D eigenvalue weighted by atomic mass is 32.1. The molecule has 0 atom stereocenters. The van der Waals surface area contributed by atoms with Crippen LogP contribution in [-0.4, -0.2) is 6.21 Å². The molecule has 2 N–H and O–H groups in total. The standard InChI is InChI=1S/C18H14N2S/c19-14-3-5-17-12(9-14)8-13-10-15(4-6-18(13)17)20-11-16-2-1-7-21-16/h1-7,9-11H,8,19H2. The molecule has 1 aliphatic carbocycles. The number of hydrogen-bond donors (Lipinski definition) is 1. The van der Waals surface area contributed by atoms with Gasteiger partial charge in [0.15, 0.2) is 0 Å². The minimum absolute atomic E-state index is 0.831. The first kappa shape index (κ1) is 12.4. The average Bonchev–Trinajstić information content (AvgIpc) is 3.11. The van der Waals surface area contributed by atoms with Crippen molar-refractivity contribution in [3.63, 3.8) is 0 Å². The van der Waals surface area contributed by atoms with Crippen molar-refractivity contribution < 1.29 is 0 Å². The summed E-state index contributed by atoms with van der Waals surface area (Å²) in [5.74, 6) is 0. The molecule has 2 aromatic carbocycles. The van der Waals surface area contributed by atoms with E-state index in [2.05, 4.69) is 46.8 Å². The maximum absolute atomic E-state index is 5.88. The Balaban J connectivity index is 1.68. The summed E-state index contributed by atoms with van der Waals surface area (Å²) >= 11 is 1.70. The van der Waals surface area contributed by atoms with Gasteiger partial charge in [-0.15, -0.1) is 11.3 Å². The molecule has 0 aliphatic heterocycles. The molecule has 0 spiro atoms. The van der Waals surface area contributed by atoms with Crippen LogP contribution in [0.15, 0.2) is 58.9 Å². The van der Waals surface area contributed by atoms with E-state index in [-0.39, 0.29) is 0 Å². The summed E-state index contributed by atoms with van der Waals surface area (Å²) in [7, 11) is 0. The summed E-state index contributed by atoms with van der Waals surface area (Å²) in [6.45, 7) is 0. The van der Waals surface area contributed by atoms with Crippen molar-refractivity contribution in [2.45, 2.75) is 6.42 Å². The Hall–Kier alpha value is -2.39. The second-order valence-electron chi connectivity index (χ2n) is 5.21. The van der Waals surface area contributed by atoms with Crippen molar-refractivity contribution in [2.24, 2.45) is 4.99 Å². The molecule has 0 saturated carbocycles. The van der Waals surface area contributed by atoms with E-state index in [0.717, 1.165) is 17.8 Å². The molecule has 0 radical (unpaired) electrons. The van der Waals surface area contributed by atoms with Gasteiger partial charge in [-0.3, -0.25) is 4.99 Å². The van der Waals surface area contributed by atoms with Crippen molar-refractivity contribution in [1.82, 2.24) is 0 Å². The Kier molecular flexibility index (Phi) is 2.86. The number of anilines is 1. The largest absolute Gasteiger partial charge is 0.399 e. The number of nitrogens with zero attached hydrogens (tertiary/aromatic N) is 1. The molecular formula is C18H14N2S. The third-order valence-corrected chi connectivity index (χ3v) is 4.58. The summed E-state index contributed by atoms with van der Waals surface area (Å²) in [6.07, 6.45) is 2.87. The SMILES string of the molecule is Nc1ccc2c(c1)Cc1cc(N=Cc3cccs3)ccc1-2. The van der Waals surface area contributed by atoms with Crippen molar-refractivity contribution in [1.29, 1.82) is 0 Å². The Morgan fingerprint density at radius 3 is 2.62 bits per heavy atom. The van der Waals surface area contributed by atoms with E-state index in [4.69, 9.17) is 5.73 Å². The van der Waals surface area contributed by atoms with E-state index in [9.17, 15) is 0 Å². The lowest BCUT2D eigenvalue weighted by Gasteiger charge is -2.02. The van der Waals surface area contributed by atoms with Gasteiger partial charge in [-0.25, -0.2) is 0 Å². The zero-order chi connectivity index (χ0) is 14.2. The minimum Gasteiger partial charge on any atom is -0.399 e. The van der Waals surface area contributed by atoms with E-state index in [1.54, 1.807) is 11.3 Å². The predicted octanol–water partition coefficient (Wildman–Crippen LogP) is 4.65. The molecule has 3 heteroatoms. The van der Waals surface area contributed by atoms with E-state index < -0.39 is 0 Å². The quantitative estimate of drug-likeness (QED) is 0.423. The first-order valence-electron chi connectivity index (χ1n) is 6.89. The second kappa shape index (κ2) is 4.86. The zero-order valence-electron chi connectivity index (χ0n) is 11.4.